The predicted octanol–water partition coefficient (Wildman–Crippen LogP) is 3.81. The number of carbonyl (C=O) groups excluding carboxylic acids is 1. The molecule has 0 aliphatic heterocycles. The van der Waals surface area contributed by atoms with E-state index >= 15 is 0 Å². The zero-order chi connectivity index (χ0) is 19.9. The van der Waals surface area contributed by atoms with Crippen LogP contribution < -0.4 is 19.5 Å². The highest BCUT2D eigenvalue weighted by atomic mass is 16.5. The molecule has 7 nitrogen and oxygen atoms in total. The molecule has 3 aromatic rings. The Hall–Kier alpha value is -3.61. The molecular formula is C21H21N3O4. The standard InChI is InChI=1S/C21H21N3O4/c1-4-28-20-12-10-17(23-24-20)14-5-8-16(9-6-14)22-21(25)15-7-11-18(26-2)19(13-15)27-3/h5-13H,4H2,1-3H3,(H,22,25). The van der Waals surface area contributed by atoms with Gasteiger partial charge in [-0.1, -0.05) is 12.1 Å². The first-order valence-electron chi connectivity index (χ1n) is 8.75. The maximum absolute atomic E-state index is 12.5. The first kappa shape index (κ1) is 19.2. The van der Waals surface area contributed by atoms with Gasteiger partial charge in [0.2, 0.25) is 5.88 Å². The minimum atomic E-state index is -0.241. The van der Waals surface area contributed by atoms with Crippen LogP contribution in [0.2, 0.25) is 0 Å². The molecule has 0 saturated heterocycles. The first-order chi connectivity index (χ1) is 13.6. The van der Waals surface area contributed by atoms with E-state index in [0.717, 1.165) is 11.3 Å². The molecule has 0 atom stereocenters. The quantitative estimate of drug-likeness (QED) is 0.672. The predicted molar refractivity (Wildman–Crippen MR) is 106 cm³/mol. The van der Waals surface area contributed by atoms with Crippen LogP contribution in [0.5, 0.6) is 17.4 Å². The number of aromatic nitrogens is 2. The summed E-state index contributed by atoms with van der Waals surface area (Å²) in [5.41, 5.74) is 2.75. The molecule has 28 heavy (non-hydrogen) atoms. The van der Waals surface area contributed by atoms with Crippen molar-refractivity contribution >= 4 is 11.6 Å². The molecule has 1 amide bonds. The van der Waals surface area contributed by atoms with Crippen molar-refractivity contribution < 1.29 is 19.0 Å². The minimum Gasteiger partial charge on any atom is -0.493 e. The molecule has 3 rings (SSSR count). The number of ether oxygens (including phenoxy) is 3. The topological polar surface area (TPSA) is 82.6 Å². The Labute approximate surface area is 163 Å². The first-order valence-corrected chi connectivity index (χ1v) is 8.75. The van der Waals surface area contributed by atoms with Crippen LogP contribution in [0, 0.1) is 0 Å². The normalized spacial score (nSPS) is 10.2. The maximum Gasteiger partial charge on any atom is 0.255 e. The highest BCUT2D eigenvalue weighted by Gasteiger charge is 2.11. The van der Waals surface area contributed by atoms with Crippen LogP contribution in [-0.2, 0) is 0 Å². The van der Waals surface area contributed by atoms with Gasteiger partial charge in [0.05, 0.1) is 26.5 Å². The number of anilines is 1. The summed E-state index contributed by atoms with van der Waals surface area (Å²) >= 11 is 0. The van der Waals surface area contributed by atoms with Crippen LogP contribution >= 0.6 is 0 Å². The van der Waals surface area contributed by atoms with E-state index in [1.54, 1.807) is 31.4 Å². The average Bonchev–Trinajstić information content (AvgIpc) is 2.74. The number of methoxy groups -OCH3 is 2. The van der Waals surface area contributed by atoms with E-state index in [-0.39, 0.29) is 5.91 Å². The summed E-state index contributed by atoms with van der Waals surface area (Å²) in [6.45, 7) is 2.44. The summed E-state index contributed by atoms with van der Waals surface area (Å²) in [6.07, 6.45) is 0. The molecule has 0 aliphatic rings. The average molecular weight is 379 g/mol. The van der Waals surface area contributed by atoms with Crippen molar-refractivity contribution in [2.45, 2.75) is 6.92 Å². The second-order valence-corrected chi connectivity index (χ2v) is 5.79. The minimum absolute atomic E-state index is 0.241. The Morgan fingerprint density at radius 1 is 0.929 bits per heavy atom. The molecule has 2 aromatic carbocycles. The van der Waals surface area contributed by atoms with Gasteiger partial charge in [0.1, 0.15) is 0 Å². The molecule has 0 fully saturated rings. The SMILES string of the molecule is CCOc1ccc(-c2ccc(NC(=O)c3ccc(OC)c(OC)c3)cc2)nn1. The van der Waals surface area contributed by atoms with Crippen molar-refractivity contribution in [3.05, 3.63) is 60.2 Å². The molecule has 0 aliphatic carbocycles. The summed E-state index contributed by atoms with van der Waals surface area (Å²) in [4.78, 5) is 12.5. The van der Waals surface area contributed by atoms with Gasteiger partial charge in [0.25, 0.3) is 5.91 Å². The van der Waals surface area contributed by atoms with Crippen molar-refractivity contribution in [3.63, 3.8) is 0 Å². The fourth-order valence-corrected chi connectivity index (χ4v) is 2.60. The lowest BCUT2D eigenvalue weighted by atomic mass is 10.1. The number of nitrogens with zero attached hydrogens (tertiary/aromatic N) is 2. The van der Waals surface area contributed by atoms with Crippen LogP contribution in [0.1, 0.15) is 17.3 Å². The van der Waals surface area contributed by atoms with Gasteiger partial charge >= 0.3 is 0 Å². The number of benzene rings is 2. The summed E-state index contributed by atoms with van der Waals surface area (Å²) in [5, 5.41) is 11.0. The monoisotopic (exact) mass is 379 g/mol. The number of hydrogen-bond acceptors (Lipinski definition) is 6. The van der Waals surface area contributed by atoms with Crippen LogP contribution in [0.15, 0.2) is 54.6 Å². The number of rotatable bonds is 7. The van der Waals surface area contributed by atoms with Gasteiger partial charge in [-0.05, 0) is 43.3 Å². The van der Waals surface area contributed by atoms with Crippen molar-refractivity contribution in [2.24, 2.45) is 0 Å². The van der Waals surface area contributed by atoms with E-state index in [2.05, 4.69) is 15.5 Å². The molecule has 1 heterocycles. The van der Waals surface area contributed by atoms with E-state index in [4.69, 9.17) is 14.2 Å². The summed E-state index contributed by atoms with van der Waals surface area (Å²) in [7, 11) is 3.08. The van der Waals surface area contributed by atoms with Crippen LogP contribution in [0.25, 0.3) is 11.3 Å². The molecule has 7 heteroatoms. The molecule has 0 spiro atoms. The van der Waals surface area contributed by atoms with Gasteiger partial charge in [0, 0.05) is 22.9 Å². The molecule has 0 radical (unpaired) electrons. The lowest BCUT2D eigenvalue weighted by Gasteiger charge is -2.10. The molecule has 1 N–H and O–H groups in total. The zero-order valence-corrected chi connectivity index (χ0v) is 15.9. The molecule has 0 unspecified atom stereocenters. The van der Waals surface area contributed by atoms with Gasteiger partial charge in [-0.25, -0.2) is 0 Å². The van der Waals surface area contributed by atoms with E-state index in [0.29, 0.717) is 35.2 Å². The summed E-state index contributed by atoms with van der Waals surface area (Å²) in [6, 6.07) is 16.0. The number of carbonyl (C=O) groups is 1. The van der Waals surface area contributed by atoms with Gasteiger partial charge < -0.3 is 19.5 Å². The molecule has 144 valence electrons. The molecule has 0 saturated carbocycles. The maximum atomic E-state index is 12.5. The second-order valence-electron chi connectivity index (χ2n) is 5.79. The highest BCUT2D eigenvalue weighted by molar-refractivity contribution is 6.04. The largest absolute Gasteiger partial charge is 0.493 e. The number of hydrogen-bond donors (Lipinski definition) is 1. The van der Waals surface area contributed by atoms with E-state index in [1.807, 2.05) is 37.3 Å². The van der Waals surface area contributed by atoms with E-state index in [9.17, 15) is 4.79 Å². The third-order valence-electron chi connectivity index (χ3n) is 4.02. The number of amides is 1. The van der Waals surface area contributed by atoms with Crippen LogP contribution in [0.4, 0.5) is 5.69 Å². The van der Waals surface area contributed by atoms with Crippen molar-refractivity contribution in [2.75, 3.05) is 26.1 Å². The smallest absolute Gasteiger partial charge is 0.255 e. The lowest BCUT2D eigenvalue weighted by Crippen LogP contribution is -2.12. The fraction of sp³-hybridized carbons (Fsp3) is 0.190. The Balaban J connectivity index is 1.71. The second kappa shape index (κ2) is 8.85. The lowest BCUT2D eigenvalue weighted by molar-refractivity contribution is 0.102. The Bertz CT molecular complexity index is 941. The van der Waals surface area contributed by atoms with E-state index in [1.165, 1.54) is 7.11 Å². The molecular weight excluding hydrogens is 358 g/mol. The number of nitrogens with one attached hydrogen (secondary N) is 1. The van der Waals surface area contributed by atoms with Crippen molar-refractivity contribution in [1.82, 2.24) is 10.2 Å². The molecule has 0 bridgehead atoms. The Morgan fingerprint density at radius 3 is 2.29 bits per heavy atom. The summed E-state index contributed by atoms with van der Waals surface area (Å²) < 4.78 is 15.7. The van der Waals surface area contributed by atoms with Gasteiger partial charge in [-0.15, -0.1) is 10.2 Å². The van der Waals surface area contributed by atoms with Crippen molar-refractivity contribution in [1.29, 1.82) is 0 Å². The zero-order valence-electron chi connectivity index (χ0n) is 15.9. The summed E-state index contributed by atoms with van der Waals surface area (Å²) in [5.74, 6) is 1.32. The highest BCUT2D eigenvalue weighted by Crippen LogP contribution is 2.28. The van der Waals surface area contributed by atoms with Gasteiger partial charge in [-0.2, -0.15) is 0 Å². The third kappa shape index (κ3) is 4.37. The van der Waals surface area contributed by atoms with E-state index < -0.39 is 0 Å². The third-order valence-corrected chi connectivity index (χ3v) is 4.02. The van der Waals surface area contributed by atoms with Crippen molar-refractivity contribution in [3.8, 4) is 28.6 Å². The van der Waals surface area contributed by atoms with Crippen LogP contribution in [-0.4, -0.2) is 36.9 Å². The van der Waals surface area contributed by atoms with Gasteiger partial charge in [-0.3, -0.25) is 4.79 Å². The molecule has 1 aromatic heterocycles. The van der Waals surface area contributed by atoms with Gasteiger partial charge in [0.15, 0.2) is 11.5 Å². The Kier molecular flexibility index (Phi) is 6.06. The fourth-order valence-electron chi connectivity index (χ4n) is 2.60. The van der Waals surface area contributed by atoms with Crippen LogP contribution in [0.3, 0.4) is 0 Å². The Morgan fingerprint density at radius 2 is 1.68 bits per heavy atom.